The molecule has 2 fully saturated rings. The number of carbonyl (C=O) groups is 1. The molecule has 1 amide bonds. The van der Waals surface area contributed by atoms with E-state index >= 15 is 0 Å². The predicted molar refractivity (Wildman–Crippen MR) is 103 cm³/mol. The number of sulfone groups is 1. The minimum Gasteiger partial charge on any atom is -0.386 e. The number of halogens is 1. The summed E-state index contributed by atoms with van der Waals surface area (Å²) in [4.78, 5) is 16.8. The van der Waals surface area contributed by atoms with Crippen molar-refractivity contribution >= 4 is 27.3 Å². The molecule has 1 saturated carbocycles. The van der Waals surface area contributed by atoms with Crippen LogP contribution in [0.4, 0.5) is 10.1 Å². The van der Waals surface area contributed by atoms with E-state index in [0.717, 1.165) is 12.8 Å². The van der Waals surface area contributed by atoms with Crippen LogP contribution in [0, 0.1) is 11.2 Å². The second-order valence-corrected chi connectivity index (χ2v) is 10.8. The molecule has 2 aliphatic heterocycles. The van der Waals surface area contributed by atoms with E-state index in [1.807, 2.05) is 6.92 Å². The minimum absolute atomic E-state index is 0.0299. The average Bonchev–Trinajstić information content (AvgIpc) is 3.16. The van der Waals surface area contributed by atoms with Crippen molar-refractivity contribution in [3.8, 4) is 0 Å². The van der Waals surface area contributed by atoms with Crippen molar-refractivity contribution in [1.82, 2.24) is 0 Å². The molecule has 7 nitrogen and oxygen atoms in total. The molecule has 0 radical (unpaired) electrons. The number of benzene rings is 1. The van der Waals surface area contributed by atoms with E-state index in [2.05, 4.69) is 10.3 Å². The van der Waals surface area contributed by atoms with Crippen molar-refractivity contribution in [3.63, 3.8) is 0 Å². The second-order valence-electron chi connectivity index (χ2n) is 8.54. The topological polar surface area (TPSA) is 111 Å². The van der Waals surface area contributed by atoms with E-state index in [-0.39, 0.29) is 41.5 Å². The Kier molecular flexibility index (Phi) is 4.14. The van der Waals surface area contributed by atoms with Gasteiger partial charge in [-0.1, -0.05) is 6.92 Å². The summed E-state index contributed by atoms with van der Waals surface area (Å²) in [5.74, 6) is -1.14. The standard InChI is InChI=1S/C19H24FN3O4S/c1-17(5-6-17)16(24)22-12-3-4-14(20)13(9-12)18(2)11-28(25,26)19(15(21)23-18)7-8-27-10-19/h3-4,9H,5-8,10-11H2,1-2H3,(H2,21,23)(H,22,24)/t18-,19?/m0/s1. The van der Waals surface area contributed by atoms with Gasteiger partial charge in [0.2, 0.25) is 5.91 Å². The molecule has 1 saturated heterocycles. The van der Waals surface area contributed by atoms with Gasteiger partial charge in [-0.25, -0.2) is 12.8 Å². The van der Waals surface area contributed by atoms with Crippen LogP contribution in [-0.4, -0.2) is 43.9 Å². The number of aliphatic imine (C=N–C) groups is 1. The van der Waals surface area contributed by atoms with Crippen LogP contribution >= 0.6 is 0 Å². The van der Waals surface area contributed by atoms with Crippen molar-refractivity contribution in [2.45, 2.75) is 43.4 Å². The van der Waals surface area contributed by atoms with E-state index in [4.69, 9.17) is 10.5 Å². The number of nitrogens with one attached hydrogen (secondary N) is 1. The third-order valence-electron chi connectivity index (χ3n) is 6.24. The summed E-state index contributed by atoms with van der Waals surface area (Å²) in [5.41, 5.74) is 4.83. The maximum absolute atomic E-state index is 14.7. The van der Waals surface area contributed by atoms with Crippen LogP contribution in [0.25, 0.3) is 0 Å². The van der Waals surface area contributed by atoms with Crippen molar-refractivity contribution < 1.29 is 22.3 Å². The van der Waals surface area contributed by atoms with E-state index in [9.17, 15) is 17.6 Å². The lowest BCUT2D eigenvalue weighted by Crippen LogP contribution is -2.58. The summed E-state index contributed by atoms with van der Waals surface area (Å²) in [6, 6.07) is 4.13. The number of nitrogens with two attached hydrogens (primary N) is 1. The fraction of sp³-hybridized carbons (Fsp3) is 0.579. The molecule has 3 aliphatic rings. The highest BCUT2D eigenvalue weighted by atomic mass is 32.2. The molecular weight excluding hydrogens is 385 g/mol. The number of nitrogens with zero attached hydrogens (tertiary/aromatic N) is 1. The zero-order chi connectivity index (χ0) is 20.4. The molecular formula is C19H24FN3O4S. The Morgan fingerprint density at radius 1 is 1.29 bits per heavy atom. The molecule has 2 heterocycles. The van der Waals surface area contributed by atoms with E-state index < -0.39 is 25.9 Å². The van der Waals surface area contributed by atoms with Crippen LogP contribution in [0.3, 0.4) is 0 Å². The Morgan fingerprint density at radius 2 is 2.00 bits per heavy atom. The van der Waals surface area contributed by atoms with Crippen molar-refractivity contribution in [1.29, 1.82) is 0 Å². The first kappa shape index (κ1) is 19.3. The van der Waals surface area contributed by atoms with Crippen molar-refractivity contribution in [2.75, 3.05) is 24.3 Å². The number of hydrogen-bond donors (Lipinski definition) is 2. The highest BCUT2D eigenvalue weighted by Gasteiger charge is 2.57. The highest BCUT2D eigenvalue weighted by Crippen LogP contribution is 2.46. The Morgan fingerprint density at radius 3 is 2.57 bits per heavy atom. The van der Waals surface area contributed by atoms with Gasteiger partial charge in [0.15, 0.2) is 14.6 Å². The predicted octanol–water partition coefficient (Wildman–Crippen LogP) is 1.72. The van der Waals surface area contributed by atoms with Gasteiger partial charge in [-0.3, -0.25) is 9.79 Å². The van der Waals surface area contributed by atoms with Crippen LogP contribution in [-0.2, 0) is 24.9 Å². The van der Waals surface area contributed by atoms with Crippen LogP contribution < -0.4 is 11.1 Å². The van der Waals surface area contributed by atoms with Gasteiger partial charge >= 0.3 is 0 Å². The molecule has 1 aliphatic carbocycles. The van der Waals surface area contributed by atoms with Crippen molar-refractivity contribution in [3.05, 3.63) is 29.6 Å². The molecule has 1 aromatic carbocycles. The fourth-order valence-corrected chi connectivity index (χ4v) is 6.17. The van der Waals surface area contributed by atoms with Crippen molar-refractivity contribution in [2.24, 2.45) is 16.1 Å². The molecule has 1 unspecified atom stereocenters. The molecule has 3 N–H and O–H groups in total. The van der Waals surface area contributed by atoms with Crippen LogP contribution in [0.2, 0.25) is 0 Å². The highest BCUT2D eigenvalue weighted by molar-refractivity contribution is 7.93. The Hall–Kier alpha value is -2.00. The maximum Gasteiger partial charge on any atom is 0.230 e. The number of amidine groups is 1. The Labute approximate surface area is 163 Å². The Balaban J connectivity index is 1.73. The lowest BCUT2D eigenvalue weighted by molar-refractivity contribution is -0.120. The van der Waals surface area contributed by atoms with E-state index in [1.54, 1.807) is 6.92 Å². The summed E-state index contributed by atoms with van der Waals surface area (Å²) in [5, 5.41) is 2.79. The largest absolute Gasteiger partial charge is 0.386 e. The lowest BCUT2D eigenvalue weighted by atomic mass is 9.92. The molecule has 1 spiro atoms. The minimum atomic E-state index is -3.73. The average molecular weight is 409 g/mol. The number of amides is 1. The molecule has 0 bridgehead atoms. The summed E-state index contributed by atoms with van der Waals surface area (Å²) in [6.45, 7) is 3.68. The summed E-state index contributed by atoms with van der Waals surface area (Å²) in [7, 11) is -3.73. The summed E-state index contributed by atoms with van der Waals surface area (Å²) < 4.78 is 44.8. The molecule has 9 heteroatoms. The fourth-order valence-electron chi connectivity index (χ4n) is 3.91. The van der Waals surface area contributed by atoms with Gasteiger partial charge in [0.1, 0.15) is 17.2 Å². The Bertz CT molecular complexity index is 981. The van der Waals surface area contributed by atoms with Gasteiger partial charge in [0.05, 0.1) is 12.4 Å². The zero-order valence-corrected chi connectivity index (χ0v) is 16.7. The number of anilines is 1. The van der Waals surface area contributed by atoms with E-state index in [0.29, 0.717) is 12.3 Å². The molecule has 152 valence electrons. The van der Waals surface area contributed by atoms with Crippen LogP contribution in [0.1, 0.15) is 38.7 Å². The van der Waals surface area contributed by atoms with Crippen LogP contribution in [0.5, 0.6) is 0 Å². The molecule has 2 atom stereocenters. The second kappa shape index (κ2) is 6.00. The molecule has 0 aromatic heterocycles. The first-order valence-corrected chi connectivity index (χ1v) is 10.9. The number of rotatable bonds is 3. The maximum atomic E-state index is 14.7. The van der Waals surface area contributed by atoms with E-state index in [1.165, 1.54) is 18.2 Å². The zero-order valence-electron chi connectivity index (χ0n) is 15.9. The lowest BCUT2D eigenvalue weighted by Gasteiger charge is -2.39. The summed E-state index contributed by atoms with van der Waals surface area (Å²) >= 11 is 0. The molecule has 28 heavy (non-hydrogen) atoms. The molecule has 1 aromatic rings. The quantitative estimate of drug-likeness (QED) is 0.790. The monoisotopic (exact) mass is 409 g/mol. The van der Waals surface area contributed by atoms with Gasteiger partial charge in [-0.15, -0.1) is 0 Å². The van der Waals surface area contributed by atoms with Gasteiger partial charge in [0.25, 0.3) is 0 Å². The first-order chi connectivity index (χ1) is 13.0. The van der Waals surface area contributed by atoms with Gasteiger partial charge < -0.3 is 15.8 Å². The number of carbonyl (C=O) groups excluding carboxylic acids is 1. The first-order valence-electron chi connectivity index (χ1n) is 9.29. The van der Waals surface area contributed by atoms with Gasteiger partial charge in [0, 0.05) is 23.3 Å². The number of ether oxygens (including phenoxy) is 1. The smallest absolute Gasteiger partial charge is 0.230 e. The normalized spacial score (nSPS) is 32.8. The SMILES string of the molecule is CC1(C(=O)Nc2ccc(F)c([C@]3(C)CS(=O)(=O)C4(CCOC4)C(N)=N3)c2)CC1. The number of hydrogen-bond acceptors (Lipinski definition) is 6. The van der Waals surface area contributed by atoms with Crippen LogP contribution in [0.15, 0.2) is 23.2 Å². The van der Waals surface area contributed by atoms with Gasteiger partial charge in [-0.05, 0) is 44.4 Å². The third kappa shape index (κ3) is 2.83. The van der Waals surface area contributed by atoms with Gasteiger partial charge in [-0.2, -0.15) is 0 Å². The molecule has 4 rings (SSSR count). The summed E-state index contributed by atoms with van der Waals surface area (Å²) in [6.07, 6.45) is 1.87. The third-order valence-corrected chi connectivity index (χ3v) is 8.90.